The molecule has 26 heavy (non-hydrogen) atoms. The van der Waals surface area contributed by atoms with Crippen LogP contribution in [-0.4, -0.2) is 43.0 Å². The molecule has 1 saturated heterocycles. The Morgan fingerprint density at radius 1 is 1.00 bits per heavy atom. The molecule has 4 rings (SSSR count). The van der Waals surface area contributed by atoms with Crippen molar-refractivity contribution >= 4 is 11.8 Å². The van der Waals surface area contributed by atoms with Gasteiger partial charge in [0.15, 0.2) is 0 Å². The second-order valence-electron chi connectivity index (χ2n) is 7.87. The van der Waals surface area contributed by atoms with Gasteiger partial charge >= 0.3 is 0 Å². The number of benzene rings is 2. The molecule has 138 valence electrons. The Kier molecular flexibility index (Phi) is 5.09. The number of fused-ring (bicyclic) bond motifs is 2. The van der Waals surface area contributed by atoms with E-state index in [1.165, 1.54) is 20.9 Å². The van der Waals surface area contributed by atoms with E-state index in [1.54, 1.807) is 23.9 Å². The third kappa shape index (κ3) is 3.55. The molecule has 1 atom stereocenters. The van der Waals surface area contributed by atoms with E-state index >= 15 is 0 Å². The van der Waals surface area contributed by atoms with Gasteiger partial charge in [-0.2, -0.15) is 0 Å². The Morgan fingerprint density at radius 3 is 2.46 bits per heavy atom. The molecule has 2 nitrogen and oxygen atoms in total. The number of piperazine rings is 1. The molecule has 0 bridgehead atoms. The predicted molar refractivity (Wildman–Crippen MR) is 107 cm³/mol. The number of likely N-dealkylation sites (N-methyl/N-ethyl adjacent to an activating group) is 1. The fraction of sp³-hybridized carbons (Fsp3) is 0.455. The molecule has 0 amide bonds. The topological polar surface area (TPSA) is 6.48 Å². The average Bonchev–Trinajstić information content (AvgIpc) is 2.78. The maximum atomic E-state index is 13.9. The molecule has 2 aromatic rings. The van der Waals surface area contributed by atoms with Crippen LogP contribution in [0, 0.1) is 5.82 Å². The zero-order chi connectivity index (χ0) is 18.3. The van der Waals surface area contributed by atoms with Crippen molar-refractivity contribution in [1.29, 1.82) is 0 Å². The first kappa shape index (κ1) is 18.0. The van der Waals surface area contributed by atoms with Crippen LogP contribution in [0.5, 0.6) is 0 Å². The number of nitrogens with zero attached hydrogens (tertiary/aromatic N) is 2. The molecule has 2 aliphatic heterocycles. The molecule has 0 aromatic heterocycles. The van der Waals surface area contributed by atoms with Crippen molar-refractivity contribution in [3.05, 3.63) is 58.9 Å². The largest absolute Gasteiger partial charge is 0.304 e. The average molecular weight is 371 g/mol. The van der Waals surface area contributed by atoms with Crippen LogP contribution in [-0.2, 0) is 6.42 Å². The van der Waals surface area contributed by atoms with Gasteiger partial charge in [-0.1, -0.05) is 37.7 Å². The molecule has 4 heteroatoms. The fourth-order valence-electron chi connectivity index (χ4n) is 3.98. The van der Waals surface area contributed by atoms with Gasteiger partial charge in [-0.3, -0.25) is 4.90 Å². The monoisotopic (exact) mass is 370 g/mol. The van der Waals surface area contributed by atoms with Gasteiger partial charge in [0.1, 0.15) is 5.82 Å². The van der Waals surface area contributed by atoms with Crippen molar-refractivity contribution in [1.82, 2.24) is 9.80 Å². The quantitative estimate of drug-likeness (QED) is 0.739. The van der Waals surface area contributed by atoms with Crippen LogP contribution in [0.2, 0.25) is 0 Å². The molecular weight excluding hydrogens is 343 g/mol. The first-order chi connectivity index (χ1) is 12.5. The summed E-state index contributed by atoms with van der Waals surface area (Å²) in [5.74, 6) is 0.386. The van der Waals surface area contributed by atoms with Gasteiger partial charge in [-0.25, -0.2) is 4.39 Å². The summed E-state index contributed by atoms with van der Waals surface area (Å²) in [6.07, 6.45) is 0.887. The first-order valence-corrected chi connectivity index (χ1v) is 10.4. The summed E-state index contributed by atoms with van der Waals surface area (Å²) in [7, 11) is 2.19. The highest BCUT2D eigenvalue weighted by Gasteiger charge is 2.30. The minimum Gasteiger partial charge on any atom is -0.304 e. The predicted octanol–water partition coefficient (Wildman–Crippen LogP) is 4.94. The molecule has 0 spiro atoms. The SMILES string of the molecule is CC(C)c1ccc2c(c1)[C@@H](N1CCN(C)CC1)Cc1cc(F)ccc1S2. The van der Waals surface area contributed by atoms with Gasteiger partial charge in [-0.05, 0) is 60.3 Å². The van der Waals surface area contributed by atoms with E-state index in [2.05, 4.69) is 48.9 Å². The van der Waals surface area contributed by atoms with Gasteiger partial charge in [0.2, 0.25) is 0 Å². The van der Waals surface area contributed by atoms with E-state index < -0.39 is 0 Å². The van der Waals surface area contributed by atoms with E-state index in [1.807, 2.05) is 6.07 Å². The summed E-state index contributed by atoms with van der Waals surface area (Å²) in [5.41, 5.74) is 3.95. The fourth-order valence-corrected chi connectivity index (χ4v) is 5.08. The van der Waals surface area contributed by atoms with Gasteiger partial charge in [0.05, 0.1) is 0 Å². The Labute approximate surface area is 160 Å². The van der Waals surface area contributed by atoms with Crippen molar-refractivity contribution in [3.63, 3.8) is 0 Å². The molecule has 0 unspecified atom stereocenters. The molecule has 2 aliphatic rings. The lowest BCUT2D eigenvalue weighted by Crippen LogP contribution is -2.46. The van der Waals surface area contributed by atoms with Crippen LogP contribution in [0.3, 0.4) is 0 Å². The van der Waals surface area contributed by atoms with Crippen LogP contribution in [0.15, 0.2) is 46.2 Å². The Bertz CT molecular complexity index is 797. The first-order valence-electron chi connectivity index (χ1n) is 9.54. The maximum absolute atomic E-state index is 13.9. The standard InChI is InChI=1S/C22H27FN2S/c1-15(2)16-4-6-22-19(13-16)20(25-10-8-24(3)9-11-25)14-17-12-18(23)5-7-21(17)26-22/h4-7,12-13,15,20H,8-11,14H2,1-3H3/t20-/m0/s1. The van der Waals surface area contributed by atoms with E-state index in [0.717, 1.165) is 38.2 Å². The van der Waals surface area contributed by atoms with Crippen LogP contribution >= 0.6 is 11.8 Å². The van der Waals surface area contributed by atoms with Crippen LogP contribution in [0.25, 0.3) is 0 Å². The second-order valence-corrected chi connectivity index (χ2v) is 8.95. The zero-order valence-corrected chi connectivity index (χ0v) is 16.7. The Morgan fingerprint density at radius 2 is 1.73 bits per heavy atom. The summed E-state index contributed by atoms with van der Waals surface area (Å²) in [4.78, 5) is 7.51. The lowest BCUT2D eigenvalue weighted by Gasteiger charge is -2.38. The molecule has 0 radical (unpaired) electrons. The van der Waals surface area contributed by atoms with Crippen LogP contribution in [0.4, 0.5) is 4.39 Å². The molecular formula is C22H27FN2S. The highest BCUT2D eigenvalue weighted by Crippen LogP contribution is 2.44. The van der Waals surface area contributed by atoms with Gasteiger partial charge in [0, 0.05) is 42.0 Å². The van der Waals surface area contributed by atoms with Crippen LogP contribution in [0.1, 0.15) is 42.5 Å². The number of hydrogen-bond donors (Lipinski definition) is 0. The van der Waals surface area contributed by atoms with Crippen molar-refractivity contribution in [2.24, 2.45) is 0 Å². The molecule has 2 heterocycles. The lowest BCUT2D eigenvalue weighted by atomic mass is 9.93. The third-order valence-corrected chi connectivity index (χ3v) is 6.90. The van der Waals surface area contributed by atoms with Gasteiger partial charge in [0.25, 0.3) is 0 Å². The van der Waals surface area contributed by atoms with E-state index in [-0.39, 0.29) is 5.82 Å². The molecule has 0 aliphatic carbocycles. The molecule has 2 aromatic carbocycles. The summed E-state index contributed by atoms with van der Waals surface area (Å²) in [6, 6.07) is 12.5. The van der Waals surface area contributed by atoms with Crippen molar-refractivity contribution in [2.45, 2.75) is 42.0 Å². The smallest absolute Gasteiger partial charge is 0.123 e. The maximum Gasteiger partial charge on any atom is 0.123 e. The third-order valence-electron chi connectivity index (χ3n) is 5.69. The second kappa shape index (κ2) is 7.34. The van der Waals surface area contributed by atoms with E-state index in [0.29, 0.717) is 12.0 Å². The number of halogens is 1. The zero-order valence-electron chi connectivity index (χ0n) is 15.8. The van der Waals surface area contributed by atoms with Crippen molar-refractivity contribution in [3.8, 4) is 0 Å². The van der Waals surface area contributed by atoms with E-state index in [9.17, 15) is 4.39 Å². The summed E-state index contributed by atoms with van der Waals surface area (Å²) < 4.78 is 13.9. The highest BCUT2D eigenvalue weighted by atomic mass is 32.2. The number of rotatable bonds is 2. The summed E-state index contributed by atoms with van der Waals surface area (Å²) >= 11 is 1.80. The normalized spacial score (nSPS) is 21.3. The Hall–Kier alpha value is -1.36. The lowest BCUT2D eigenvalue weighted by molar-refractivity contribution is 0.110. The highest BCUT2D eigenvalue weighted by molar-refractivity contribution is 7.99. The minimum atomic E-state index is -0.129. The van der Waals surface area contributed by atoms with Crippen molar-refractivity contribution in [2.75, 3.05) is 33.2 Å². The molecule has 0 saturated carbocycles. The molecule has 1 fully saturated rings. The minimum absolute atomic E-state index is 0.129. The number of hydrogen-bond acceptors (Lipinski definition) is 3. The van der Waals surface area contributed by atoms with Crippen molar-refractivity contribution < 1.29 is 4.39 Å². The summed E-state index contributed by atoms with van der Waals surface area (Å²) in [6.45, 7) is 8.84. The van der Waals surface area contributed by atoms with Crippen LogP contribution < -0.4 is 0 Å². The Balaban J connectivity index is 1.78. The molecule has 0 N–H and O–H groups in total. The van der Waals surface area contributed by atoms with Gasteiger partial charge in [-0.15, -0.1) is 0 Å². The van der Waals surface area contributed by atoms with E-state index in [4.69, 9.17) is 0 Å². The van der Waals surface area contributed by atoms with Gasteiger partial charge < -0.3 is 4.90 Å². The summed E-state index contributed by atoms with van der Waals surface area (Å²) in [5, 5.41) is 0.